The first-order valence-electron chi connectivity index (χ1n) is 20.1. The van der Waals surface area contributed by atoms with Crippen LogP contribution in [-0.4, -0.2) is 11.7 Å². The van der Waals surface area contributed by atoms with Crippen LogP contribution < -0.4 is 5.32 Å². The van der Waals surface area contributed by atoms with Gasteiger partial charge in [-0.15, -0.1) is 0 Å². The third-order valence-electron chi connectivity index (χ3n) is 11.9. The average molecular weight is 754 g/mol. The molecule has 59 heavy (non-hydrogen) atoms. The summed E-state index contributed by atoms with van der Waals surface area (Å²) in [5.41, 5.74) is 9.26. The minimum absolute atomic E-state index is 0.603. The van der Waals surface area contributed by atoms with Gasteiger partial charge in [0.15, 0.2) is 6.17 Å². The summed E-state index contributed by atoms with van der Waals surface area (Å²) < 4.78 is 6.56. The van der Waals surface area contributed by atoms with Crippen LogP contribution in [-0.2, 0) is 0 Å². The summed E-state index contributed by atoms with van der Waals surface area (Å²) in [5.74, 6) is 1.54. The Morgan fingerprint density at radius 3 is 1.80 bits per heavy atom. The van der Waals surface area contributed by atoms with E-state index in [9.17, 15) is 0 Å². The van der Waals surface area contributed by atoms with Gasteiger partial charge in [-0.3, -0.25) is 0 Å². The van der Waals surface area contributed by atoms with Crippen LogP contribution in [0.3, 0.4) is 0 Å². The SMILES string of the molecule is c1ccc(-c2ccc3cc(-c4ccc5oc6ccccc6c5c4C4N=C(c5ccc6ccccc6c5)NC(c5cc6ccccc6c6ccccc56)=N4)ccc3c2)cc1. The molecule has 1 unspecified atom stereocenters. The van der Waals surface area contributed by atoms with E-state index in [0.29, 0.717) is 0 Å². The molecular weight excluding hydrogens is 719 g/mol. The number of amidine groups is 2. The monoisotopic (exact) mass is 753 g/mol. The van der Waals surface area contributed by atoms with E-state index in [1.807, 2.05) is 12.1 Å². The summed E-state index contributed by atoms with van der Waals surface area (Å²) in [6, 6.07) is 71.2. The van der Waals surface area contributed by atoms with Gasteiger partial charge in [0.25, 0.3) is 0 Å². The zero-order chi connectivity index (χ0) is 38.9. The third-order valence-corrected chi connectivity index (χ3v) is 11.9. The summed E-state index contributed by atoms with van der Waals surface area (Å²) >= 11 is 0. The van der Waals surface area contributed by atoms with Gasteiger partial charge in [-0.05, 0) is 102 Å². The van der Waals surface area contributed by atoms with Gasteiger partial charge in [0.2, 0.25) is 0 Å². The molecule has 1 aliphatic rings. The van der Waals surface area contributed by atoms with E-state index in [1.54, 1.807) is 0 Å². The van der Waals surface area contributed by atoms with Crippen LogP contribution in [0.25, 0.3) is 87.3 Å². The summed E-state index contributed by atoms with van der Waals surface area (Å²) in [5, 5.41) is 15.2. The Morgan fingerprint density at radius 1 is 0.356 bits per heavy atom. The molecule has 0 saturated heterocycles. The lowest BCUT2D eigenvalue weighted by atomic mass is 9.91. The second kappa shape index (κ2) is 13.4. The molecule has 0 saturated carbocycles. The van der Waals surface area contributed by atoms with Gasteiger partial charge in [-0.1, -0.05) is 164 Å². The van der Waals surface area contributed by atoms with Crippen molar-refractivity contribution in [3.63, 3.8) is 0 Å². The van der Waals surface area contributed by atoms with Gasteiger partial charge in [-0.2, -0.15) is 0 Å². The summed E-state index contributed by atoms with van der Waals surface area (Å²) in [6.07, 6.45) is -0.603. The number of fused-ring (bicyclic) bond motifs is 8. The van der Waals surface area contributed by atoms with Crippen molar-refractivity contribution in [1.29, 1.82) is 0 Å². The predicted octanol–water partition coefficient (Wildman–Crippen LogP) is 14.0. The lowest BCUT2D eigenvalue weighted by Crippen LogP contribution is -2.36. The molecule has 4 nitrogen and oxygen atoms in total. The number of furan rings is 1. The fourth-order valence-corrected chi connectivity index (χ4v) is 9.04. The smallest absolute Gasteiger partial charge is 0.171 e. The van der Waals surface area contributed by atoms with Gasteiger partial charge < -0.3 is 9.73 Å². The Kier molecular flexibility index (Phi) is 7.57. The maximum atomic E-state index is 6.56. The van der Waals surface area contributed by atoms with Crippen LogP contribution in [0.1, 0.15) is 22.9 Å². The summed E-state index contributed by atoms with van der Waals surface area (Å²) in [7, 11) is 0. The number of benzene rings is 10. The van der Waals surface area contributed by atoms with Crippen molar-refractivity contribution in [2.75, 3.05) is 0 Å². The number of aliphatic imine (C=N–C) groups is 2. The van der Waals surface area contributed by atoms with Crippen molar-refractivity contribution in [2.24, 2.45) is 9.98 Å². The molecule has 1 atom stereocenters. The molecule has 0 aliphatic carbocycles. The van der Waals surface area contributed by atoms with Gasteiger partial charge in [0.05, 0.1) is 0 Å². The quantitative estimate of drug-likeness (QED) is 0.178. The molecule has 1 aliphatic heterocycles. The first-order chi connectivity index (χ1) is 29.2. The second-order valence-electron chi connectivity index (χ2n) is 15.3. The number of rotatable bonds is 5. The lowest BCUT2D eigenvalue weighted by Gasteiger charge is -2.25. The number of nitrogens with one attached hydrogen (secondary N) is 1. The molecular formula is C55H35N3O. The minimum Gasteiger partial charge on any atom is -0.456 e. The van der Waals surface area contributed by atoms with Crippen LogP contribution in [0.15, 0.2) is 215 Å². The highest BCUT2D eigenvalue weighted by molar-refractivity contribution is 6.24. The van der Waals surface area contributed by atoms with Crippen LogP contribution in [0.2, 0.25) is 0 Å². The number of hydrogen-bond donors (Lipinski definition) is 1. The van der Waals surface area contributed by atoms with Crippen molar-refractivity contribution in [3.8, 4) is 22.3 Å². The molecule has 4 heteroatoms. The largest absolute Gasteiger partial charge is 0.456 e. The van der Waals surface area contributed by atoms with Crippen LogP contribution in [0.4, 0.5) is 0 Å². The summed E-state index contributed by atoms with van der Waals surface area (Å²) in [4.78, 5) is 11.2. The number of nitrogens with zero attached hydrogens (tertiary/aromatic N) is 2. The normalized spacial score (nSPS) is 14.3. The molecule has 10 aromatic carbocycles. The van der Waals surface area contributed by atoms with E-state index in [0.717, 1.165) is 77.6 Å². The van der Waals surface area contributed by atoms with Crippen molar-refractivity contribution >= 4 is 76.7 Å². The van der Waals surface area contributed by atoms with Crippen LogP contribution >= 0.6 is 0 Å². The fraction of sp³-hybridized carbons (Fsp3) is 0.0182. The Morgan fingerprint density at radius 2 is 0.949 bits per heavy atom. The molecule has 0 bridgehead atoms. The fourth-order valence-electron chi connectivity index (χ4n) is 9.04. The van der Waals surface area contributed by atoms with Crippen molar-refractivity contribution < 1.29 is 4.42 Å². The molecule has 0 spiro atoms. The zero-order valence-electron chi connectivity index (χ0n) is 31.9. The van der Waals surface area contributed by atoms with E-state index < -0.39 is 6.17 Å². The van der Waals surface area contributed by atoms with Crippen molar-refractivity contribution in [2.45, 2.75) is 6.17 Å². The topological polar surface area (TPSA) is 49.9 Å². The van der Waals surface area contributed by atoms with Gasteiger partial charge in [0, 0.05) is 27.5 Å². The van der Waals surface area contributed by atoms with E-state index in [1.165, 1.54) is 38.1 Å². The molecule has 276 valence electrons. The first kappa shape index (κ1) is 33.3. The standard InChI is InChI=1S/C55H35N3O/c1-2-12-34(13-3-1)37-23-24-39-31-41(26-25-38(39)30-37)44-28-29-50-51(47-20-10-11-21-49(47)59-50)52(44)55-57-53(42-27-22-35-14-4-5-15-36(35)32-42)56-54(58-55)48-33-40-16-6-7-17-43(40)45-18-8-9-19-46(45)48/h1-33,55H,(H,56,57,58). The first-order valence-corrected chi connectivity index (χ1v) is 20.1. The third kappa shape index (κ3) is 5.60. The van der Waals surface area contributed by atoms with Gasteiger partial charge in [-0.25, -0.2) is 9.98 Å². The molecule has 1 aromatic heterocycles. The molecule has 0 amide bonds. The van der Waals surface area contributed by atoms with E-state index >= 15 is 0 Å². The Bertz CT molecular complexity index is 3540. The molecule has 0 radical (unpaired) electrons. The number of hydrogen-bond acceptors (Lipinski definition) is 4. The van der Waals surface area contributed by atoms with Crippen molar-refractivity contribution in [1.82, 2.24) is 5.32 Å². The Labute approximate surface area is 340 Å². The number of para-hydroxylation sites is 1. The highest BCUT2D eigenvalue weighted by Gasteiger charge is 2.28. The van der Waals surface area contributed by atoms with Crippen LogP contribution in [0.5, 0.6) is 0 Å². The minimum atomic E-state index is -0.603. The molecule has 1 N–H and O–H groups in total. The highest BCUT2D eigenvalue weighted by atomic mass is 16.3. The maximum Gasteiger partial charge on any atom is 0.171 e. The predicted molar refractivity (Wildman–Crippen MR) is 246 cm³/mol. The Hall–Kier alpha value is -7.82. The van der Waals surface area contributed by atoms with E-state index in [2.05, 4.69) is 193 Å². The van der Waals surface area contributed by atoms with E-state index in [-0.39, 0.29) is 0 Å². The average Bonchev–Trinajstić information content (AvgIpc) is 3.69. The summed E-state index contributed by atoms with van der Waals surface area (Å²) in [6.45, 7) is 0. The lowest BCUT2D eigenvalue weighted by molar-refractivity contribution is 0.667. The molecule has 2 heterocycles. The van der Waals surface area contributed by atoms with Gasteiger partial charge in [0.1, 0.15) is 22.8 Å². The molecule has 11 aromatic rings. The highest BCUT2D eigenvalue weighted by Crippen LogP contribution is 2.44. The van der Waals surface area contributed by atoms with Gasteiger partial charge >= 0.3 is 0 Å². The van der Waals surface area contributed by atoms with E-state index in [4.69, 9.17) is 14.4 Å². The van der Waals surface area contributed by atoms with Crippen LogP contribution in [0, 0.1) is 0 Å². The van der Waals surface area contributed by atoms with Crippen molar-refractivity contribution in [3.05, 3.63) is 217 Å². The Balaban J connectivity index is 1.12. The maximum absolute atomic E-state index is 6.56. The zero-order valence-corrected chi connectivity index (χ0v) is 31.9. The molecule has 12 rings (SSSR count). The second-order valence-corrected chi connectivity index (χ2v) is 15.3. The molecule has 0 fully saturated rings.